The summed E-state index contributed by atoms with van der Waals surface area (Å²) >= 11 is 1.35. The van der Waals surface area contributed by atoms with E-state index in [0.717, 1.165) is 34.1 Å². The van der Waals surface area contributed by atoms with Crippen LogP contribution in [0, 0.1) is 0 Å². The summed E-state index contributed by atoms with van der Waals surface area (Å²) in [4.78, 5) is 5.83. The van der Waals surface area contributed by atoms with Crippen LogP contribution in [-0.4, -0.2) is 16.7 Å². The molecule has 0 N–H and O–H groups in total. The van der Waals surface area contributed by atoms with E-state index in [2.05, 4.69) is 16.7 Å². The largest absolute Gasteiger partial charge is 0.497 e. The smallest absolute Gasteiger partial charge is 0.169 e. The number of para-hydroxylation sites is 2. The Balaban J connectivity index is 1.81. The molecule has 0 bridgehead atoms. The van der Waals surface area contributed by atoms with E-state index in [1.807, 2.05) is 54.7 Å². The van der Waals surface area contributed by atoms with Gasteiger partial charge in [0.05, 0.1) is 7.11 Å². The molecule has 0 aromatic heterocycles. The van der Waals surface area contributed by atoms with E-state index in [1.54, 1.807) is 7.11 Å². The highest BCUT2D eigenvalue weighted by Gasteiger charge is 2.10. The third-order valence-electron chi connectivity index (χ3n) is 3.83. The molecule has 0 atom stereocenters. The third kappa shape index (κ3) is 2.86. The number of hydrogen-bond donors (Lipinski definition) is 0. The Morgan fingerprint density at radius 3 is 2.71 bits per heavy atom. The molecule has 0 saturated heterocycles. The number of pyridine rings is 1. The summed E-state index contributed by atoms with van der Waals surface area (Å²) in [6, 6.07) is 20.0. The third-order valence-corrected chi connectivity index (χ3v) is 4.59. The molecule has 5 heteroatoms. The van der Waals surface area contributed by atoms with Crippen LogP contribution in [0.5, 0.6) is 5.75 Å². The highest BCUT2D eigenvalue weighted by Crippen LogP contribution is 2.26. The van der Waals surface area contributed by atoms with Crippen molar-refractivity contribution in [3.63, 3.8) is 0 Å². The van der Waals surface area contributed by atoms with Gasteiger partial charge in [0.2, 0.25) is 0 Å². The van der Waals surface area contributed by atoms with Gasteiger partial charge in [-0.15, -0.1) is 0 Å². The molecule has 4 nitrogen and oxygen atoms in total. The maximum Gasteiger partial charge on any atom is 0.169 e. The molecule has 0 aliphatic carbocycles. The number of methoxy groups -OCH3 is 1. The second kappa shape index (κ2) is 6.37. The lowest BCUT2D eigenvalue weighted by Crippen LogP contribution is -2.05. The Kier molecular flexibility index (Phi) is 3.92. The lowest BCUT2D eigenvalue weighted by molar-refractivity contribution is 0.414. The van der Waals surface area contributed by atoms with E-state index in [9.17, 15) is 0 Å². The number of rotatable bonds is 3. The van der Waals surface area contributed by atoms with Gasteiger partial charge in [-0.2, -0.15) is 0 Å². The van der Waals surface area contributed by atoms with Gasteiger partial charge in [-0.3, -0.25) is 0 Å². The average Bonchev–Trinajstić information content (AvgIpc) is 2.82. The molecule has 2 heterocycles. The van der Waals surface area contributed by atoms with Gasteiger partial charge in [0.25, 0.3) is 0 Å². The van der Waals surface area contributed by atoms with Crippen molar-refractivity contribution in [2.24, 2.45) is 0 Å². The van der Waals surface area contributed by atoms with Crippen molar-refractivity contribution in [1.29, 1.82) is 0 Å². The summed E-state index contributed by atoms with van der Waals surface area (Å²) in [5.74, 6) is 1.77. The minimum absolute atomic E-state index is 0.736. The second-order valence-electron chi connectivity index (χ2n) is 5.42. The first kappa shape index (κ1) is 14.8. The molecule has 0 fully saturated rings. The molecular formula is C19H16N2O2S. The maximum absolute atomic E-state index is 5.80. The van der Waals surface area contributed by atoms with Crippen LogP contribution in [0.2, 0.25) is 0 Å². The number of aromatic nitrogens is 2. The molecule has 0 amide bonds. The first-order chi connectivity index (χ1) is 11.8. The van der Waals surface area contributed by atoms with Gasteiger partial charge in [0.1, 0.15) is 16.1 Å². The first-order valence-corrected chi connectivity index (χ1v) is 8.38. The van der Waals surface area contributed by atoms with Gasteiger partial charge in [0.15, 0.2) is 11.4 Å². The van der Waals surface area contributed by atoms with Crippen molar-refractivity contribution in [2.45, 2.75) is 6.54 Å². The van der Waals surface area contributed by atoms with Crippen molar-refractivity contribution >= 4 is 22.7 Å². The molecule has 24 heavy (non-hydrogen) atoms. The van der Waals surface area contributed by atoms with E-state index in [1.165, 1.54) is 17.2 Å². The quantitative estimate of drug-likeness (QED) is 0.530. The van der Waals surface area contributed by atoms with Crippen LogP contribution >= 0.6 is 11.6 Å². The standard InChI is InChI=1S/C19H16N2O2S/c1-22-15-10-8-14(9-11-15)13-21-12-4-7-18-19(21)20-16-5-2-3-6-17(16)23-24-18/h2-12H,13H2,1H3. The van der Waals surface area contributed by atoms with Crippen LogP contribution < -0.4 is 4.74 Å². The van der Waals surface area contributed by atoms with E-state index in [0.29, 0.717) is 0 Å². The van der Waals surface area contributed by atoms with Crippen LogP contribution in [0.25, 0.3) is 21.8 Å². The van der Waals surface area contributed by atoms with Gasteiger partial charge in [-0.05, 0) is 42.0 Å². The number of benzene rings is 2. The molecule has 120 valence electrons. The zero-order valence-electron chi connectivity index (χ0n) is 13.2. The van der Waals surface area contributed by atoms with Crippen LogP contribution in [0.4, 0.5) is 0 Å². The fourth-order valence-electron chi connectivity index (χ4n) is 2.58. The van der Waals surface area contributed by atoms with Gasteiger partial charge in [-0.25, -0.2) is 4.98 Å². The van der Waals surface area contributed by atoms with Gasteiger partial charge >= 0.3 is 0 Å². The molecule has 2 aromatic carbocycles. The molecule has 4 rings (SSSR count). The maximum atomic E-state index is 5.80. The van der Waals surface area contributed by atoms with Crippen LogP contribution in [-0.2, 0) is 6.54 Å². The summed E-state index contributed by atoms with van der Waals surface area (Å²) in [7, 11) is 1.67. The molecule has 0 spiro atoms. The van der Waals surface area contributed by atoms with Crippen LogP contribution in [0.1, 0.15) is 5.56 Å². The molecule has 2 aliphatic heterocycles. The summed E-state index contributed by atoms with van der Waals surface area (Å²) in [5.41, 5.74) is 2.82. The first-order valence-electron chi connectivity index (χ1n) is 7.64. The monoisotopic (exact) mass is 336 g/mol. The Labute approximate surface area is 143 Å². The Bertz CT molecular complexity index is 980. The van der Waals surface area contributed by atoms with Crippen LogP contribution in [0.15, 0.2) is 70.7 Å². The van der Waals surface area contributed by atoms with E-state index >= 15 is 0 Å². The van der Waals surface area contributed by atoms with Gasteiger partial charge < -0.3 is 13.2 Å². The zero-order chi connectivity index (χ0) is 16.4. The average molecular weight is 336 g/mol. The van der Waals surface area contributed by atoms with Crippen molar-refractivity contribution in [3.8, 4) is 16.5 Å². The Morgan fingerprint density at radius 1 is 1.04 bits per heavy atom. The predicted octanol–water partition coefficient (Wildman–Crippen LogP) is 4.98. The van der Waals surface area contributed by atoms with Crippen molar-refractivity contribution in [2.75, 3.05) is 7.11 Å². The molecular weight excluding hydrogens is 320 g/mol. The SMILES string of the molecule is COc1ccc(Cn2cccc3soc4ccccc4nc2-3)cc1. The van der Waals surface area contributed by atoms with E-state index in [-0.39, 0.29) is 0 Å². The molecule has 0 saturated carbocycles. The highest BCUT2D eigenvalue weighted by atomic mass is 32.1. The number of ether oxygens (including phenoxy) is 1. The van der Waals surface area contributed by atoms with Gasteiger partial charge in [0, 0.05) is 24.4 Å². The fraction of sp³-hybridized carbons (Fsp3) is 0.105. The Hall–Kier alpha value is -2.79. The fourth-order valence-corrected chi connectivity index (χ4v) is 3.28. The summed E-state index contributed by atoms with van der Waals surface area (Å²) in [5, 5.41) is 0. The lowest BCUT2D eigenvalue weighted by Gasteiger charge is -2.12. The molecule has 2 aromatic rings. The lowest BCUT2D eigenvalue weighted by atomic mass is 10.2. The topological polar surface area (TPSA) is 40.2 Å². The van der Waals surface area contributed by atoms with Crippen molar-refractivity contribution < 1.29 is 8.59 Å². The number of fused-ring (bicyclic) bond motifs is 2. The predicted molar refractivity (Wildman–Crippen MR) is 96.2 cm³/mol. The summed E-state index contributed by atoms with van der Waals surface area (Å²) < 4.78 is 13.2. The zero-order valence-corrected chi connectivity index (χ0v) is 14.0. The number of nitrogens with zero attached hydrogens (tertiary/aromatic N) is 2. The van der Waals surface area contributed by atoms with Crippen LogP contribution in [0.3, 0.4) is 0 Å². The van der Waals surface area contributed by atoms with Crippen molar-refractivity contribution in [3.05, 3.63) is 72.4 Å². The Morgan fingerprint density at radius 2 is 1.88 bits per heavy atom. The van der Waals surface area contributed by atoms with Gasteiger partial charge in [-0.1, -0.05) is 24.3 Å². The van der Waals surface area contributed by atoms with Crippen molar-refractivity contribution in [1.82, 2.24) is 9.55 Å². The second-order valence-corrected chi connectivity index (χ2v) is 6.19. The highest BCUT2D eigenvalue weighted by molar-refractivity contribution is 7.06. The van der Waals surface area contributed by atoms with E-state index < -0.39 is 0 Å². The minimum atomic E-state index is 0.736. The minimum Gasteiger partial charge on any atom is -0.497 e. The summed E-state index contributed by atoms with van der Waals surface area (Å²) in [6.07, 6.45) is 2.04. The molecule has 0 unspecified atom stereocenters. The van der Waals surface area contributed by atoms with E-state index in [4.69, 9.17) is 13.6 Å². The molecule has 2 aliphatic rings. The number of hydrogen-bond acceptors (Lipinski definition) is 4. The summed E-state index contributed by atoms with van der Waals surface area (Å²) in [6.45, 7) is 0.736. The molecule has 0 radical (unpaired) electrons. The normalized spacial score (nSPS) is 10.9.